The van der Waals surface area contributed by atoms with Gasteiger partial charge in [-0.05, 0) is 25.0 Å². The van der Waals surface area contributed by atoms with Crippen LogP contribution in [0.5, 0.6) is 0 Å². The van der Waals surface area contributed by atoms with Crippen molar-refractivity contribution in [2.45, 2.75) is 39.8 Å². The molecule has 1 aromatic heterocycles. The molecule has 0 aliphatic heterocycles. The summed E-state index contributed by atoms with van der Waals surface area (Å²) in [7, 11) is 1.37. The zero-order chi connectivity index (χ0) is 13.5. The van der Waals surface area contributed by atoms with Crippen LogP contribution >= 0.6 is 0 Å². The van der Waals surface area contributed by atoms with Crippen molar-refractivity contribution in [1.82, 2.24) is 10.3 Å². The number of ether oxygens (including phenoxy) is 1. The number of hydrogen-bond donors (Lipinski definition) is 1. The predicted molar refractivity (Wildman–Crippen MR) is 71.3 cm³/mol. The molecule has 0 saturated heterocycles. The minimum absolute atomic E-state index is 0.352. The van der Waals surface area contributed by atoms with Crippen LogP contribution in [0.15, 0.2) is 18.3 Å². The maximum atomic E-state index is 11.2. The number of carbonyl (C=O) groups excluding carboxylic acids is 1. The van der Waals surface area contributed by atoms with Crippen LogP contribution in [0.2, 0.25) is 0 Å². The van der Waals surface area contributed by atoms with Gasteiger partial charge in [0.2, 0.25) is 0 Å². The van der Waals surface area contributed by atoms with Crippen molar-refractivity contribution in [3.63, 3.8) is 0 Å². The molecule has 1 heterocycles. The van der Waals surface area contributed by atoms with Gasteiger partial charge in [-0.3, -0.25) is 4.98 Å². The van der Waals surface area contributed by atoms with Gasteiger partial charge in [0, 0.05) is 18.8 Å². The van der Waals surface area contributed by atoms with Crippen molar-refractivity contribution in [2.24, 2.45) is 5.92 Å². The van der Waals surface area contributed by atoms with Crippen LogP contribution in [-0.4, -0.2) is 24.1 Å². The summed E-state index contributed by atoms with van der Waals surface area (Å²) in [4.78, 5) is 15.5. The maximum Gasteiger partial charge on any atom is 0.339 e. The number of hydrogen-bond acceptors (Lipinski definition) is 4. The minimum atomic E-state index is -0.352. The topological polar surface area (TPSA) is 51.2 Å². The normalized spacial score (nSPS) is 14.0. The van der Waals surface area contributed by atoms with E-state index in [9.17, 15) is 4.79 Å². The third-order valence-electron chi connectivity index (χ3n) is 3.35. The van der Waals surface area contributed by atoms with E-state index in [-0.39, 0.29) is 5.97 Å². The average molecular weight is 250 g/mol. The van der Waals surface area contributed by atoms with E-state index in [1.54, 1.807) is 12.3 Å². The Hall–Kier alpha value is -1.42. The Morgan fingerprint density at radius 1 is 1.44 bits per heavy atom. The van der Waals surface area contributed by atoms with Gasteiger partial charge in [0.25, 0.3) is 0 Å². The van der Waals surface area contributed by atoms with Crippen LogP contribution in [-0.2, 0) is 11.3 Å². The molecule has 0 aromatic carbocycles. The molecule has 0 radical (unpaired) electrons. The van der Waals surface area contributed by atoms with Gasteiger partial charge in [-0.1, -0.05) is 20.3 Å². The van der Waals surface area contributed by atoms with Crippen molar-refractivity contribution in [1.29, 1.82) is 0 Å². The number of esters is 1. The summed E-state index contributed by atoms with van der Waals surface area (Å²) in [5, 5.41) is 3.43. The van der Waals surface area contributed by atoms with Crippen molar-refractivity contribution in [3.05, 3.63) is 29.6 Å². The van der Waals surface area contributed by atoms with Crippen LogP contribution in [0.25, 0.3) is 0 Å². The molecule has 0 fully saturated rings. The molecular weight excluding hydrogens is 228 g/mol. The summed E-state index contributed by atoms with van der Waals surface area (Å²) < 4.78 is 4.63. The molecular formula is C14H22N2O2. The van der Waals surface area contributed by atoms with E-state index in [0.29, 0.717) is 24.1 Å². The SMILES string of the molecule is CCC(C)C(C)NCc1ccc(C(=O)OC)cn1. The van der Waals surface area contributed by atoms with Gasteiger partial charge >= 0.3 is 5.97 Å². The number of nitrogens with one attached hydrogen (secondary N) is 1. The Balaban J connectivity index is 2.51. The van der Waals surface area contributed by atoms with Crippen molar-refractivity contribution < 1.29 is 9.53 Å². The molecule has 4 heteroatoms. The Bertz CT molecular complexity index is 376. The maximum absolute atomic E-state index is 11.2. The highest BCUT2D eigenvalue weighted by atomic mass is 16.5. The second-order valence-electron chi connectivity index (χ2n) is 4.58. The average Bonchev–Trinajstić information content (AvgIpc) is 2.43. The number of nitrogens with zero attached hydrogens (tertiary/aromatic N) is 1. The summed E-state index contributed by atoms with van der Waals surface area (Å²) in [5.74, 6) is 0.286. The highest BCUT2D eigenvalue weighted by molar-refractivity contribution is 5.88. The summed E-state index contributed by atoms with van der Waals surface area (Å²) in [5.41, 5.74) is 1.41. The van der Waals surface area contributed by atoms with E-state index in [4.69, 9.17) is 0 Å². The number of methoxy groups -OCH3 is 1. The van der Waals surface area contributed by atoms with Crippen LogP contribution < -0.4 is 5.32 Å². The van der Waals surface area contributed by atoms with Gasteiger partial charge < -0.3 is 10.1 Å². The second kappa shape index (κ2) is 7.11. The molecule has 1 N–H and O–H groups in total. The second-order valence-corrected chi connectivity index (χ2v) is 4.58. The van der Waals surface area contributed by atoms with E-state index in [0.717, 1.165) is 12.1 Å². The van der Waals surface area contributed by atoms with Crippen LogP contribution in [0, 0.1) is 5.92 Å². The first-order valence-corrected chi connectivity index (χ1v) is 6.35. The summed E-state index contributed by atoms with van der Waals surface area (Å²) in [6.45, 7) is 7.31. The first-order chi connectivity index (χ1) is 8.58. The highest BCUT2D eigenvalue weighted by Gasteiger charge is 2.10. The smallest absolute Gasteiger partial charge is 0.339 e. The molecule has 0 aliphatic rings. The van der Waals surface area contributed by atoms with Crippen molar-refractivity contribution in [3.8, 4) is 0 Å². The van der Waals surface area contributed by atoms with Crippen LogP contribution in [0.1, 0.15) is 43.2 Å². The zero-order valence-corrected chi connectivity index (χ0v) is 11.6. The van der Waals surface area contributed by atoms with E-state index in [1.165, 1.54) is 7.11 Å². The first kappa shape index (κ1) is 14.6. The zero-order valence-electron chi connectivity index (χ0n) is 11.6. The standard InChI is InChI=1S/C14H22N2O2/c1-5-10(2)11(3)15-9-13-7-6-12(8-16-13)14(17)18-4/h6-8,10-11,15H,5,9H2,1-4H3. The molecule has 0 amide bonds. The predicted octanol–water partition coefficient (Wildman–Crippen LogP) is 2.39. The van der Waals surface area contributed by atoms with Gasteiger partial charge in [0.15, 0.2) is 0 Å². The Labute approximate surface area is 109 Å². The third-order valence-corrected chi connectivity index (χ3v) is 3.35. The van der Waals surface area contributed by atoms with Gasteiger partial charge in [-0.25, -0.2) is 4.79 Å². The monoisotopic (exact) mass is 250 g/mol. The molecule has 0 saturated carbocycles. The molecule has 2 atom stereocenters. The van der Waals surface area contributed by atoms with Gasteiger partial charge in [-0.2, -0.15) is 0 Å². The first-order valence-electron chi connectivity index (χ1n) is 6.35. The Kier molecular flexibility index (Phi) is 5.78. The number of pyridine rings is 1. The lowest BCUT2D eigenvalue weighted by atomic mass is 10.0. The molecule has 0 spiro atoms. The summed E-state index contributed by atoms with van der Waals surface area (Å²) in [6.07, 6.45) is 2.71. The van der Waals surface area contributed by atoms with Gasteiger partial charge in [-0.15, -0.1) is 0 Å². The lowest BCUT2D eigenvalue weighted by Gasteiger charge is -2.19. The lowest BCUT2D eigenvalue weighted by Crippen LogP contribution is -2.31. The molecule has 0 bridgehead atoms. The Morgan fingerprint density at radius 2 is 2.17 bits per heavy atom. The fourth-order valence-electron chi connectivity index (χ4n) is 1.59. The van der Waals surface area contributed by atoms with Crippen molar-refractivity contribution >= 4 is 5.97 Å². The molecule has 18 heavy (non-hydrogen) atoms. The van der Waals surface area contributed by atoms with E-state index in [1.807, 2.05) is 6.07 Å². The molecule has 0 aliphatic carbocycles. The van der Waals surface area contributed by atoms with Crippen LogP contribution in [0.4, 0.5) is 0 Å². The van der Waals surface area contributed by atoms with E-state index in [2.05, 4.69) is 35.8 Å². The fourth-order valence-corrected chi connectivity index (χ4v) is 1.59. The lowest BCUT2D eigenvalue weighted by molar-refractivity contribution is 0.0600. The molecule has 1 aromatic rings. The van der Waals surface area contributed by atoms with Gasteiger partial charge in [0.1, 0.15) is 0 Å². The summed E-state index contributed by atoms with van der Waals surface area (Å²) in [6, 6.07) is 4.05. The molecule has 2 unspecified atom stereocenters. The summed E-state index contributed by atoms with van der Waals surface area (Å²) >= 11 is 0. The number of aromatic nitrogens is 1. The fraction of sp³-hybridized carbons (Fsp3) is 0.571. The quantitative estimate of drug-likeness (QED) is 0.788. The van der Waals surface area contributed by atoms with Crippen LogP contribution in [0.3, 0.4) is 0 Å². The molecule has 100 valence electrons. The third kappa shape index (κ3) is 4.11. The van der Waals surface area contributed by atoms with E-state index >= 15 is 0 Å². The molecule has 1 rings (SSSR count). The number of rotatable bonds is 6. The van der Waals surface area contributed by atoms with Crippen molar-refractivity contribution in [2.75, 3.05) is 7.11 Å². The number of carbonyl (C=O) groups is 1. The van der Waals surface area contributed by atoms with E-state index < -0.39 is 0 Å². The molecule has 4 nitrogen and oxygen atoms in total. The largest absolute Gasteiger partial charge is 0.465 e. The minimum Gasteiger partial charge on any atom is -0.465 e. The Morgan fingerprint density at radius 3 is 2.67 bits per heavy atom. The van der Waals surface area contributed by atoms with Gasteiger partial charge in [0.05, 0.1) is 18.4 Å². The highest BCUT2D eigenvalue weighted by Crippen LogP contribution is 2.08.